The summed E-state index contributed by atoms with van der Waals surface area (Å²) < 4.78 is 4.93. The van der Waals surface area contributed by atoms with E-state index in [0.29, 0.717) is 12.3 Å². The van der Waals surface area contributed by atoms with E-state index in [1.807, 2.05) is 0 Å². The Hall–Kier alpha value is -1.36. The molecule has 1 saturated heterocycles. The molecule has 0 unspecified atom stereocenters. The molecule has 1 aromatic heterocycles. The van der Waals surface area contributed by atoms with Crippen LogP contribution < -0.4 is 0 Å². The van der Waals surface area contributed by atoms with Crippen molar-refractivity contribution in [2.75, 3.05) is 20.2 Å². The van der Waals surface area contributed by atoms with E-state index in [1.54, 1.807) is 18.1 Å². The lowest BCUT2D eigenvalue weighted by Crippen LogP contribution is -2.42. The van der Waals surface area contributed by atoms with Gasteiger partial charge in [-0.3, -0.25) is 9.89 Å². The fourth-order valence-electron chi connectivity index (χ4n) is 1.38. The van der Waals surface area contributed by atoms with Crippen LogP contribution in [0.3, 0.4) is 0 Å². The molecule has 0 aliphatic carbocycles. The van der Waals surface area contributed by atoms with Gasteiger partial charge in [0.15, 0.2) is 0 Å². The van der Waals surface area contributed by atoms with Gasteiger partial charge < -0.3 is 9.64 Å². The average molecular weight is 195 g/mol. The number of rotatable bonds is 3. The summed E-state index contributed by atoms with van der Waals surface area (Å²) in [6.45, 7) is 2.16. The molecule has 0 spiro atoms. The van der Waals surface area contributed by atoms with Crippen molar-refractivity contribution in [3.63, 3.8) is 0 Å². The standard InChI is InChI=1S/C9H13N3O2/c1-14-6-7-5-8(11-10-7)9(13)12-3-2-4-12/h5H,2-4,6H2,1H3,(H,10,11). The quantitative estimate of drug-likeness (QED) is 0.759. The first-order chi connectivity index (χ1) is 6.81. The van der Waals surface area contributed by atoms with Crippen LogP contribution in [-0.2, 0) is 11.3 Å². The number of nitrogens with zero attached hydrogens (tertiary/aromatic N) is 2. The maximum absolute atomic E-state index is 11.6. The van der Waals surface area contributed by atoms with Gasteiger partial charge in [0, 0.05) is 20.2 Å². The summed E-state index contributed by atoms with van der Waals surface area (Å²) in [5.74, 6) is 0.00912. The topological polar surface area (TPSA) is 58.2 Å². The van der Waals surface area contributed by atoms with E-state index in [2.05, 4.69) is 10.2 Å². The number of hydrogen-bond acceptors (Lipinski definition) is 3. The van der Waals surface area contributed by atoms with Gasteiger partial charge in [-0.15, -0.1) is 0 Å². The average Bonchev–Trinajstić information content (AvgIpc) is 2.50. The molecule has 0 bridgehead atoms. The second-order valence-electron chi connectivity index (χ2n) is 3.36. The van der Waals surface area contributed by atoms with Crippen molar-refractivity contribution in [3.8, 4) is 0 Å². The number of ether oxygens (including phenoxy) is 1. The van der Waals surface area contributed by atoms with Gasteiger partial charge in [0.05, 0.1) is 12.3 Å². The van der Waals surface area contributed by atoms with Crippen molar-refractivity contribution in [1.82, 2.24) is 15.1 Å². The fraction of sp³-hybridized carbons (Fsp3) is 0.556. The van der Waals surface area contributed by atoms with Crippen molar-refractivity contribution in [2.24, 2.45) is 0 Å². The predicted octanol–water partition coefficient (Wildman–Crippen LogP) is 0.402. The number of nitrogens with one attached hydrogen (secondary N) is 1. The number of amides is 1. The van der Waals surface area contributed by atoms with E-state index in [1.165, 1.54) is 0 Å². The molecule has 1 N–H and O–H groups in total. The van der Waals surface area contributed by atoms with E-state index in [0.717, 1.165) is 25.2 Å². The van der Waals surface area contributed by atoms with Crippen LogP contribution in [0.4, 0.5) is 0 Å². The normalized spacial score (nSPS) is 15.4. The van der Waals surface area contributed by atoms with Crippen LogP contribution in [-0.4, -0.2) is 41.2 Å². The number of aromatic amines is 1. The number of hydrogen-bond donors (Lipinski definition) is 1. The highest BCUT2D eigenvalue weighted by molar-refractivity contribution is 5.92. The van der Waals surface area contributed by atoms with Crippen LogP contribution in [0.5, 0.6) is 0 Å². The van der Waals surface area contributed by atoms with Crippen molar-refractivity contribution in [3.05, 3.63) is 17.5 Å². The molecular weight excluding hydrogens is 182 g/mol. The van der Waals surface area contributed by atoms with Crippen LogP contribution >= 0.6 is 0 Å². The van der Waals surface area contributed by atoms with Crippen molar-refractivity contribution < 1.29 is 9.53 Å². The monoisotopic (exact) mass is 195 g/mol. The van der Waals surface area contributed by atoms with Gasteiger partial charge in [-0.2, -0.15) is 5.10 Å². The first-order valence-corrected chi connectivity index (χ1v) is 4.64. The van der Waals surface area contributed by atoms with E-state index < -0.39 is 0 Å². The molecule has 5 heteroatoms. The number of H-pyrrole nitrogens is 1. The van der Waals surface area contributed by atoms with Gasteiger partial charge in [-0.05, 0) is 12.5 Å². The molecule has 0 radical (unpaired) electrons. The van der Waals surface area contributed by atoms with Gasteiger partial charge in [-0.25, -0.2) is 0 Å². The summed E-state index contributed by atoms with van der Waals surface area (Å²) in [6, 6.07) is 1.74. The van der Waals surface area contributed by atoms with Gasteiger partial charge >= 0.3 is 0 Å². The van der Waals surface area contributed by atoms with Crippen LogP contribution in [0.2, 0.25) is 0 Å². The Morgan fingerprint density at radius 1 is 1.71 bits per heavy atom. The molecule has 1 aliphatic heterocycles. The summed E-state index contributed by atoms with van der Waals surface area (Å²) >= 11 is 0. The smallest absolute Gasteiger partial charge is 0.274 e. The first kappa shape index (κ1) is 9.21. The van der Waals surface area contributed by atoms with Crippen molar-refractivity contribution >= 4 is 5.91 Å². The minimum absolute atomic E-state index is 0.00912. The molecule has 1 fully saturated rings. The second kappa shape index (κ2) is 3.79. The zero-order chi connectivity index (χ0) is 9.97. The second-order valence-corrected chi connectivity index (χ2v) is 3.36. The Bertz CT molecular complexity index is 331. The third kappa shape index (κ3) is 1.63. The lowest BCUT2D eigenvalue weighted by Gasteiger charge is -2.29. The molecule has 1 amide bonds. The molecule has 2 heterocycles. The molecule has 1 aromatic rings. The van der Waals surface area contributed by atoms with Crippen molar-refractivity contribution in [2.45, 2.75) is 13.0 Å². The zero-order valence-corrected chi connectivity index (χ0v) is 8.12. The van der Waals surface area contributed by atoms with E-state index >= 15 is 0 Å². The number of carbonyl (C=O) groups excluding carboxylic acids is 1. The summed E-state index contributed by atoms with van der Waals surface area (Å²) in [4.78, 5) is 13.4. The van der Waals surface area contributed by atoms with Crippen LogP contribution in [0.1, 0.15) is 22.6 Å². The molecule has 0 saturated carbocycles. The fourth-order valence-corrected chi connectivity index (χ4v) is 1.38. The summed E-state index contributed by atoms with van der Waals surface area (Å²) in [6.07, 6.45) is 1.10. The summed E-state index contributed by atoms with van der Waals surface area (Å²) in [7, 11) is 1.61. The minimum atomic E-state index is 0.00912. The lowest BCUT2D eigenvalue weighted by molar-refractivity contribution is 0.0645. The Balaban J connectivity index is 2.04. The number of aromatic nitrogens is 2. The highest BCUT2D eigenvalue weighted by Gasteiger charge is 2.23. The van der Waals surface area contributed by atoms with Gasteiger partial charge in [-0.1, -0.05) is 0 Å². The minimum Gasteiger partial charge on any atom is -0.378 e. The van der Waals surface area contributed by atoms with Crippen molar-refractivity contribution in [1.29, 1.82) is 0 Å². The molecule has 2 rings (SSSR count). The molecule has 14 heavy (non-hydrogen) atoms. The van der Waals surface area contributed by atoms with Gasteiger partial charge in [0.2, 0.25) is 0 Å². The maximum Gasteiger partial charge on any atom is 0.274 e. The highest BCUT2D eigenvalue weighted by atomic mass is 16.5. The van der Waals surface area contributed by atoms with Gasteiger partial charge in [0.25, 0.3) is 5.91 Å². The molecule has 0 atom stereocenters. The van der Waals surface area contributed by atoms with Crippen LogP contribution in [0.15, 0.2) is 6.07 Å². The molecule has 5 nitrogen and oxygen atoms in total. The first-order valence-electron chi connectivity index (χ1n) is 4.64. The Kier molecular flexibility index (Phi) is 2.49. The Labute approximate surface area is 82.0 Å². The van der Waals surface area contributed by atoms with E-state index in [-0.39, 0.29) is 5.91 Å². The third-order valence-corrected chi connectivity index (χ3v) is 2.29. The van der Waals surface area contributed by atoms with E-state index in [4.69, 9.17) is 4.74 Å². The molecule has 0 aromatic carbocycles. The van der Waals surface area contributed by atoms with Gasteiger partial charge in [0.1, 0.15) is 5.69 Å². The third-order valence-electron chi connectivity index (χ3n) is 2.29. The summed E-state index contributed by atoms with van der Waals surface area (Å²) in [5.41, 5.74) is 1.31. The molecular formula is C9H13N3O2. The lowest BCUT2D eigenvalue weighted by atomic mass is 10.2. The number of likely N-dealkylation sites (tertiary alicyclic amines) is 1. The van der Waals surface area contributed by atoms with Crippen LogP contribution in [0, 0.1) is 0 Å². The largest absolute Gasteiger partial charge is 0.378 e. The van der Waals surface area contributed by atoms with Crippen LogP contribution in [0.25, 0.3) is 0 Å². The predicted molar refractivity (Wildman–Crippen MR) is 49.8 cm³/mol. The highest BCUT2D eigenvalue weighted by Crippen LogP contribution is 2.11. The Morgan fingerprint density at radius 2 is 2.50 bits per heavy atom. The number of carbonyl (C=O) groups is 1. The SMILES string of the molecule is COCc1cc(C(=O)N2CCC2)n[nH]1. The molecule has 76 valence electrons. The van der Waals surface area contributed by atoms with E-state index in [9.17, 15) is 4.79 Å². The summed E-state index contributed by atoms with van der Waals surface area (Å²) in [5, 5.41) is 6.71. The number of methoxy groups -OCH3 is 1. The molecule has 1 aliphatic rings. The Morgan fingerprint density at radius 3 is 3.07 bits per heavy atom. The maximum atomic E-state index is 11.6. The zero-order valence-electron chi connectivity index (χ0n) is 8.12.